The minimum atomic E-state index is -4.51. The van der Waals surface area contributed by atoms with E-state index in [1.165, 1.54) is 24.3 Å². The van der Waals surface area contributed by atoms with E-state index in [1.807, 2.05) is 0 Å². The van der Waals surface area contributed by atoms with Crippen molar-refractivity contribution in [2.45, 2.75) is 29.3 Å². The molecule has 0 spiro atoms. The lowest BCUT2D eigenvalue weighted by atomic mass is 10.1. The van der Waals surface area contributed by atoms with Crippen LogP contribution in [0.25, 0.3) is 0 Å². The molecule has 0 aliphatic carbocycles. The fourth-order valence-electron chi connectivity index (χ4n) is 2.28. The minimum Gasteiger partial charge on any atom is -0.480 e. The summed E-state index contributed by atoms with van der Waals surface area (Å²) in [7, 11) is 0. The first-order valence-electron chi connectivity index (χ1n) is 6.18. The van der Waals surface area contributed by atoms with E-state index in [2.05, 4.69) is 0 Å². The van der Waals surface area contributed by atoms with Crippen molar-refractivity contribution in [3.63, 3.8) is 0 Å². The molecule has 1 aliphatic rings. The van der Waals surface area contributed by atoms with Crippen LogP contribution in [0, 0.1) is 0 Å². The van der Waals surface area contributed by atoms with Gasteiger partial charge < -0.3 is 10.0 Å². The Morgan fingerprint density at radius 1 is 1.29 bits per heavy atom. The number of carbonyl (C=O) groups excluding carboxylic acids is 1. The summed E-state index contributed by atoms with van der Waals surface area (Å²) in [6.07, 6.45) is 0.840. The molecule has 1 fully saturated rings. The molecule has 8 heteroatoms. The number of likely N-dealkylation sites (tertiary alicyclic amines) is 1. The molecule has 1 amide bonds. The van der Waals surface area contributed by atoms with Gasteiger partial charge in [-0.05, 0) is 36.7 Å². The van der Waals surface area contributed by atoms with Crippen molar-refractivity contribution in [1.29, 1.82) is 0 Å². The molecule has 4 nitrogen and oxygen atoms in total. The van der Waals surface area contributed by atoms with Gasteiger partial charge in [-0.2, -0.15) is 13.2 Å². The Labute approximate surface area is 122 Å². The fourth-order valence-corrected chi connectivity index (χ4v) is 2.94. The normalized spacial score (nSPS) is 18.8. The molecule has 1 atom stereocenters. The molecule has 1 heterocycles. The van der Waals surface area contributed by atoms with E-state index >= 15 is 0 Å². The van der Waals surface area contributed by atoms with Gasteiger partial charge in [0.2, 0.25) is 0 Å². The number of halogens is 3. The highest BCUT2D eigenvalue weighted by molar-refractivity contribution is 8.00. The van der Waals surface area contributed by atoms with Gasteiger partial charge in [0.1, 0.15) is 6.04 Å². The molecule has 0 unspecified atom stereocenters. The largest absolute Gasteiger partial charge is 0.480 e. The zero-order valence-electron chi connectivity index (χ0n) is 10.8. The molecular formula is C13H12F3NO3S. The predicted octanol–water partition coefficient (Wildman–Crippen LogP) is 2.99. The van der Waals surface area contributed by atoms with Crippen LogP contribution in [0.1, 0.15) is 23.2 Å². The summed E-state index contributed by atoms with van der Waals surface area (Å²) < 4.78 is 37.5. The third-order valence-electron chi connectivity index (χ3n) is 3.14. The maximum atomic E-state index is 12.5. The van der Waals surface area contributed by atoms with Gasteiger partial charge in [-0.15, -0.1) is 0 Å². The molecule has 1 saturated heterocycles. The number of nitrogens with zero attached hydrogens (tertiary/aromatic N) is 1. The monoisotopic (exact) mass is 319 g/mol. The molecular weight excluding hydrogens is 307 g/mol. The van der Waals surface area contributed by atoms with Crippen molar-refractivity contribution in [3.8, 4) is 0 Å². The zero-order chi connectivity index (χ0) is 15.6. The molecule has 0 saturated carbocycles. The maximum Gasteiger partial charge on any atom is 0.446 e. The summed E-state index contributed by atoms with van der Waals surface area (Å²) in [5.41, 5.74) is -4.62. The van der Waals surface area contributed by atoms with Gasteiger partial charge in [0.15, 0.2) is 0 Å². The first-order valence-corrected chi connectivity index (χ1v) is 7.00. The molecule has 114 valence electrons. The average Bonchev–Trinajstić information content (AvgIpc) is 2.86. The van der Waals surface area contributed by atoms with Gasteiger partial charge in [-0.25, -0.2) is 4.79 Å². The summed E-state index contributed by atoms with van der Waals surface area (Å²) >= 11 is -0.371. The minimum absolute atomic E-state index is 0.118. The second kappa shape index (κ2) is 5.97. The number of hydrogen-bond donors (Lipinski definition) is 1. The van der Waals surface area contributed by atoms with Crippen LogP contribution in [0.5, 0.6) is 0 Å². The van der Waals surface area contributed by atoms with E-state index in [4.69, 9.17) is 5.11 Å². The van der Waals surface area contributed by atoms with E-state index in [9.17, 15) is 22.8 Å². The number of hydrogen-bond acceptors (Lipinski definition) is 3. The summed E-state index contributed by atoms with van der Waals surface area (Å²) in [4.78, 5) is 24.3. The van der Waals surface area contributed by atoms with E-state index < -0.39 is 23.4 Å². The van der Waals surface area contributed by atoms with Crippen LogP contribution >= 0.6 is 11.8 Å². The van der Waals surface area contributed by atoms with Gasteiger partial charge in [-0.3, -0.25) is 4.79 Å². The molecule has 1 aromatic rings. The van der Waals surface area contributed by atoms with Gasteiger partial charge in [0.25, 0.3) is 5.91 Å². The number of carboxylic acid groups (broad SMARTS) is 1. The second-order valence-electron chi connectivity index (χ2n) is 4.54. The van der Waals surface area contributed by atoms with Crippen molar-refractivity contribution in [2.24, 2.45) is 0 Å². The predicted molar refractivity (Wildman–Crippen MR) is 70.0 cm³/mol. The highest BCUT2D eigenvalue weighted by atomic mass is 32.2. The van der Waals surface area contributed by atoms with Crippen molar-refractivity contribution in [2.75, 3.05) is 6.54 Å². The third-order valence-corrected chi connectivity index (χ3v) is 3.95. The number of benzene rings is 1. The lowest BCUT2D eigenvalue weighted by Crippen LogP contribution is -2.40. The number of aliphatic carboxylic acids is 1. The summed E-state index contributed by atoms with van der Waals surface area (Å²) in [6, 6.07) is 4.38. The summed E-state index contributed by atoms with van der Waals surface area (Å²) in [5, 5.41) is 9.06. The highest BCUT2D eigenvalue weighted by Crippen LogP contribution is 2.39. The Kier molecular flexibility index (Phi) is 4.46. The molecule has 1 aliphatic heterocycles. The third kappa shape index (κ3) is 3.69. The van der Waals surface area contributed by atoms with Crippen LogP contribution in [0.4, 0.5) is 13.2 Å². The van der Waals surface area contributed by atoms with E-state index in [0.29, 0.717) is 12.8 Å². The quantitative estimate of drug-likeness (QED) is 0.870. The van der Waals surface area contributed by atoms with Crippen molar-refractivity contribution in [3.05, 3.63) is 29.8 Å². The standard InChI is InChI=1S/C13H12F3NO3S/c14-13(15,16)21-10-6-2-1-4-8(10)11(18)17-7-3-5-9(17)12(19)20/h1-2,4,6,9H,3,5,7H2,(H,19,20)/t9-/m0/s1. The van der Waals surface area contributed by atoms with E-state index in [-0.39, 0.29) is 28.8 Å². The SMILES string of the molecule is O=C(O)[C@@H]1CCCN1C(=O)c1ccccc1SC(F)(F)F. The Hall–Kier alpha value is -1.70. The smallest absolute Gasteiger partial charge is 0.446 e. The van der Waals surface area contributed by atoms with Crippen molar-refractivity contribution < 1.29 is 27.9 Å². The zero-order valence-corrected chi connectivity index (χ0v) is 11.6. The van der Waals surface area contributed by atoms with E-state index in [1.54, 1.807) is 0 Å². The molecule has 0 bridgehead atoms. The molecule has 2 rings (SSSR count). The van der Waals surface area contributed by atoms with Crippen LogP contribution in [0.2, 0.25) is 0 Å². The number of amides is 1. The highest BCUT2D eigenvalue weighted by Gasteiger charge is 2.37. The second-order valence-corrected chi connectivity index (χ2v) is 5.65. The number of thioether (sulfide) groups is 1. The first-order chi connectivity index (χ1) is 9.79. The van der Waals surface area contributed by atoms with Crippen molar-refractivity contribution in [1.82, 2.24) is 4.90 Å². The molecule has 1 N–H and O–H groups in total. The lowest BCUT2D eigenvalue weighted by Gasteiger charge is -2.22. The lowest BCUT2D eigenvalue weighted by molar-refractivity contribution is -0.141. The summed E-state index contributed by atoms with van der Waals surface area (Å²) in [6.45, 7) is 0.237. The number of carbonyl (C=O) groups is 2. The first kappa shape index (κ1) is 15.7. The van der Waals surface area contributed by atoms with Gasteiger partial charge >= 0.3 is 11.5 Å². The Morgan fingerprint density at radius 2 is 1.95 bits per heavy atom. The van der Waals surface area contributed by atoms with E-state index in [0.717, 1.165) is 4.90 Å². The molecule has 0 aromatic heterocycles. The van der Waals surface area contributed by atoms with Gasteiger partial charge in [0, 0.05) is 11.4 Å². The number of carboxylic acids is 1. The van der Waals surface area contributed by atoms with Crippen LogP contribution in [0.15, 0.2) is 29.2 Å². The topological polar surface area (TPSA) is 57.6 Å². The summed E-state index contributed by atoms with van der Waals surface area (Å²) in [5.74, 6) is -1.81. The van der Waals surface area contributed by atoms with Gasteiger partial charge in [0.05, 0.1) is 5.56 Å². The average molecular weight is 319 g/mol. The van der Waals surface area contributed by atoms with Crippen LogP contribution in [0.3, 0.4) is 0 Å². The van der Waals surface area contributed by atoms with Crippen LogP contribution < -0.4 is 0 Å². The Morgan fingerprint density at radius 3 is 2.57 bits per heavy atom. The Balaban J connectivity index is 2.29. The fraction of sp³-hybridized carbons (Fsp3) is 0.385. The molecule has 21 heavy (non-hydrogen) atoms. The van der Waals surface area contributed by atoms with Crippen molar-refractivity contribution >= 4 is 23.6 Å². The maximum absolute atomic E-state index is 12.5. The number of rotatable bonds is 3. The molecule has 1 aromatic carbocycles. The Bertz CT molecular complexity index is 562. The van der Waals surface area contributed by atoms with Gasteiger partial charge in [-0.1, -0.05) is 12.1 Å². The van der Waals surface area contributed by atoms with Crippen LogP contribution in [-0.2, 0) is 4.79 Å². The number of alkyl halides is 3. The van der Waals surface area contributed by atoms with Crippen LogP contribution in [-0.4, -0.2) is 40.0 Å². The molecule has 0 radical (unpaired) electrons.